The number of thioether (sulfide) groups is 1. The Bertz CT molecular complexity index is 844. The van der Waals surface area contributed by atoms with E-state index in [4.69, 9.17) is 0 Å². The number of aromatic nitrogens is 4. The first kappa shape index (κ1) is 16.7. The molecule has 1 aliphatic heterocycles. The van der Waals surface area contributed by atoms with E-state index in [0.29, 0.717) is 17.3 Å². The zero-order chi connectivity index (χ0) is 17.6. The maximum absolute atomic E-state index is 13.1. The molecule has 0 saturated carbocycles. The Morgan fingerprint density at radius 1 is 1.33 bits per heavy atom. The van der Waals surface area contributed by atoms with Crippen molar-refractivity contribution in [2.45, 2.75) is 18.1 Å². The third-order valence-electron chi connectivity index (χ3n) is 3.68. The molecule has 9 heteroatoms. The zero-order valence-electron chi connectivity index (χ0n) is 13.4. The molecule has 1 N–H and O–H groups in total. The number of hydrogen-bond donors (Lipinski definition) is 1. The molecule has 0 aliphatic carbocycles. The second kappa shape index (κ2) is 5.73. The minimum atomic E-state index is -4.48. The third kappa shape index (κ3) is 2.62. The Morgan fingerprint density at radius 2 is 2.04 bits per heavy atom. The predicted octanol–water partition coefficient (Wildman–Crippen LogP) is 3.82. The first-order valence-electron chi connectivity index (χ1n) is 7.20. The average molecular weight is 355 g/mol. The molecule has 0 spiro atoms. The van der Waals surface area contributed by atoms with Gasteiger partial charge in [0.1, 0.15) is 22.2 Å². The molecule has 0 bridgehead atoms. The van der Waals surface area contributed by atoms with Crippen LogP contribution in [0.3, 0.4) is 0 Å². The molecular weight excluding hydrogens is 339 g/mol. The summed E-state index contributed by atoms with van der Waals surface area (Å²) in [5, 5.41) is 3.63. The summed E-state index contributed by atoms with van der Waals surface area (Å²) in [4.78, 5) is 8.73. The molecule has 2 aromatic heterocycles. The van der Waals surface area contributed by atoms with E-state index in [1.165, 1.54) is 0 Å². The minimum Gasteiger partial charge on any atom is -0.340 e. The van der Waals surface area contributed by atoms with Gasteiger partial charge in [-0.3, -0.25) is 0 Å². The SMILES string of the molecule is C=C1Nc2c(nc(-c3ncn(C)c3SCC)n2C)C=C1C(F)(F)F. The number of alkyl halides is 3. The van der Waals surface area contributed by atoms with Crippen molar-refractivity contribution in [2.75, 3.05) is 11.1 Å². The maximum atomic E-state index is 13.1. The molecule has 0 atom stereocenters. The van der Waals surface area contributed by atoms with E-state index in [-0.39, 0.29) is 11.4 Å². The Labute approximate surface area is 141 Å². The second-order valence-electron chi connectivity index (χ2n) is 5.33. The number of rotatable bonds is 3. The van der Waals surface area contributed by atoms with Crippen molar-refractivity contribution in [1.82, 2.24) is 19.1 Å². The molecular formula is C15H16F3N5S. The van der Waals surface area contributed by atoms with E-state index in [1.54, 1.807) is 29.7 Å². The van der Waals surface area contributed by atoms with Gasteiger partial charge < -0.3 is 14.5 Å². The van der Waals surface area contributed by atoms with Crippen molar-refractivity contribution in [3.8, 4) is 11.5 Å². The Balaban J connectivity index is 2.13. The van der Waals surface area contributed by atoms with Crippen LogP contribution in [-0.4, -0.2) is 31.0 Å². The molecule has 0 aromatic carbocycles. The van der Waals surface area contributed by atoms with Crippen molar-refractivity contribution in [3.05, 3.63) is 29.9 Å². The van der Waals surface area contributed by atoms with Crippen LogP contribution in [0.2, 0.25) is 0 Å². The Morgan fingerprint density at radius 3 is 2.67 bits per heavy atom. The molecule has 5 nitrogen and oxygen atoms in total. The van der Waals surface area contributed by atoms with Gasteiger partial charge in [-0.25, -0.2) is 9.97 Å². The predicted molar refractivity (Wildman–Crippen MR) is 88.6 cm³/mol. The quantitative estimate of drug-likeness (QED) is 0.851. The summed E-state index contributed by atoms with van der Waals surface area (Å²) in [6.07, 6.45) is -1.79. The van der Waals surface area contributed by atoms with Gasteiger partial charge in [0.25, 0.3) is 0 Å². The molecule has 24 heavy (non-hydrogen) atoms. The van der Waals surface area contributed by atoms with Gasteiger partial charge in [0.15, 0.2) is 5.82 Å². The molecule has 0 saturated heterocycles. The van der Waals surface area contributed by atoms with E-state index in [2.05, 4.69) is 21.9 Å². The highest BCUT2D eigenvalue weighted by Crippen LogP contribution is 2.39. The molecule has 0 fully saturated rings. The van der Waals surface area contributed by atoms with Crippen molar-refractivity contribution in [2.24, 2.45) is 14.1 Å². The summed E-state index contributed by atoms with van der Waals surface area (Å²) in [6.45, 7) is 5.49. The number of fused-ring (bicyclic) bond motifs is 1. The Hall–Kier alpha value is -2.16. The van der Waals surface area contributed by atoms with Gasteiger partial charge in [0.2, 0.25) is 0 Å². The largest absolute Gasteiger partial charge is 0.418 e. The van der Waals surface area contributed by atoms with Crippen molar-refractivity contribution >= 4 is 23.7 Å². The van der Waals surface area contributed by atoms with Crippen LogP contribution in [0, 0.1) is 0 Å². The molecule has 0 unspecified atom stereocenters. The van der Waals surface area contributed by atoms with Crippen molar-refractivity contribution in [3.63, 3.8) is 0 Å². The highest BCUT2D eigenvalue weighted by Gasteiger charge is 2.38. The summed E-state index contributed by atoms with van der Waals surface area (Å²) in [7, 11) is 3.61. The molecule has 1 aliphatic rings. The topological polar surface area (TPSA) is 47.7 Å². The van der Waals surface area contributed by atoms with Crippen molar-refractivity contribution < 1.29 is 13.2 Å². The highest BCUT2D eigenvalue weighted by atomic mass is 32.2. The molecule has 0 amide bonds. The van der Waals surface area contributed by atoms with E-state index in [9.17, 15) is 13.2 Å². The fraction of sp³-hybridized carbons (Fsp3) is 0.333. The highest BCUT2D eigenvalue weighted by molar-refractivity contribution is 7.99. The number of halogens is 3. The van der Waals surface area contributed by atoms with E-state index in [1.807, 2.05) is 18.5 Å². The van der Waals surface area contributed by atoms with Crippen molar-refractivity contribution in [1.29, 1.82) is 0 Å². The van der Waals surface area contributed by atoms with Crippen LogP contribution in [0.5, 0.6) is 0 Å². The minimum absolute atomic E-state index is 0.186. The fourth-order valence-corrected chi connectivity index (χ4v) is 3.35. The normalized spacial score (nSPS) is 14.4. The number of imidazole rings is 2. The van der Waals surface area contributed by atoms with Crippen LogP contribution in [0.15, 0.2) is 29.2 Å². The molecule has 2 aromatic rings. The molecule has 3 heterocycles. The summed E-state index contributed by atoms with van der Waals surface area (Å²) in [5.41, 5.74) is -0.126. The molecule has 3 rings (SSSR count). The van der Waals surface area contributed by atoms with Crippen LogP contribution in [0.1, 0.15) is 12.6 Å². The number of aryl methyl sites for hydroxylation is 1. The smallest absolute Gasteiger partial charge is 0.340 e. The van der Waals surface area contributed by atoms with Gasteiger partial charge in [0, 0.05) is 19.8 Å². The number of allylic oxidation sites excluding steroid dienone is 1. The standard InChI is InChI=1S/C15H16F3N5S/c1-5-24-14-11(19-7-22(14)3)13-21-10-6-9(15(16,17)18)8(2)20-12(10)23(13)4/h6-7,20H,2,5H2,1,3-4H3. The summed E-state index contributed by atoms with van der Waals surface area (Å²) in [5.74, 6) is 1.83. The maximum Gasteiger partial charge on any atom is 0.418 e. The van der Waals surface area contributed by atoms with Crippen LogP contribution in [0.25, 0.3) is 17.6 Å². The average Bonchev–Trinajstić information content (AvgIpc) is 3.00. The summed E-state index contributed by atoms with van der Waals surface area (Å²) < 4.78 is 42.8. The van der Waals surface area contributed by atoms with Gasteiger partial charge in [-0.2, -0.15) is 13.2 Å². The van der Waals surface area contributed by atoms with E-state index >= 15 is 0 Å². The number of hydrogen-bond acceptors (Lipinski definition) is 4. The molecule has 0 radical (unpaired) electrons. The zero-order valence-corrected chi connectivity index (χ0v) is 14.2. The first-order chi connectivity index (χ1) is 11.2. The van der Waals surface area contributed by atoms with Crippen LogP contribution < -0.4 is 5.32 Å². The van der Waals surface area contributed by atoms with Crippen LogP contribution in [-0.2, 0) is 14.1 Å². The lowest BCUT2D eigenvalue weighted by Crippen LogP contribution is -2.21. The lowest BCUT2D eigenvalue weighted by Gasteiger charge is -2.20. The van der Waals surface area contributed by atoms with E-state index in [0.717, 1.165) is 16.9 Å². The third-order valence-corrected chi connectivity index (χ3v) is 4.72. The monoisotopic (exact) mass is 355 g/mol. The van der Waals surface area contributed by atoms with Crippen LogP contribution >= 0.6 is 11.8 Å². The van der Waals surface area contributed by atoms with Gasteiger partial charge in [-0.15, -0.1) is 11.8 Å². The lowest BCUT2D eigenvalue weighted by molar-refractivity contribution is -0.0883. The number of anilines is 1. The summed E-state index contributed by atoms with van der Waals surface area (Å²) >= 11 is 1.60. The van der Waals surface area contributed by atoms with Gasteiger partial charge in [-0.05, 0) is 11.8 Å². The number of nitrogens with one attached hydrogen (secondary N) is 1. The first-order valence-corrected chi connectivity index (χ1v) is 8.19. The lowest BCUT2D eigenvalue weighted by atomic mass is 10.1. The van der Waals surface area contributed by atoms with Gasteiger partial charge in [0.05, 0.1) is 11.9 Å². The second-order valence-corrected chi connectivity index (χ2v) is 6.58. The fourth-order valence-electron chi connectivity index (χ4n) is 2.55. The van der Waals surface area contributed by atoms with Gasteiger partial charge >= 0.3 is 6.18 Å². The summed E-state index contributed by atoms with van der Waals surface area (Å²) in [6, 6.07) is 0. The number of nitrogens with zero attached hydrogens (tertiary/aromatic N) is 4. The van der Waals surface area contributed by atoms with Gasteiger partial charge in [-0.1, -0.05) is 13.5 Å². The van der Waals surface area contributed by atoms with Crippen LogP contribution in [0.4, 0.5) is 19.0 Å². The van der Waals surface area contributed by atoms with E-state index < -0.39 is 11.7 Å². The Kier molecular flexibility index (Phi) is 3.98. The molecule has 128 valence electrons.